The predicted octanol–water partition coefficient (Wildman–Crippen LogP) is 2.71. The molecule has 0 fully saturated rings. The van der Waals surface area contributed by atoms with E-state index in [0.29, 0.717) is 11.5 Å². The molecule has 1 heterocycles. The van der Waals surface area contributed by atoms with E-state index in [1.165, 1.54) is 25.1 Å². The Hall–Kier alpha value is -2.00. The molecule has 0 aromatic heterocycles. The molecule has 0 bridgehead atoms. The van der Waals surface area contributed by atoms with Crippen LogP contribution < -0.4 is 19.5 Å². The SMILES string of the molecule is C[C@H](NS(=O)(=O)c1cc(Cl)ccc1Cl)C(=O)NCc1ccc2c(c1)OCO2. The molecule has 2 N–H and O–H groups in total. The Morgan fingerprint density at radius 3 is 2.67 bits per heavy atom. The number of carbonyl (C=O) groups excluding carboxylic acids is 1. The van der Waals surface area contributed by atoms with Crippen LogP contribution in [0.5, 0.6) is 11.5 Å². The monoisotopic (exact) mass is 430 g/mol. The van der Waals surface area contributed by atoms with Crippen molar-refractivity contribution in [2.75, 3.05) is 6.79 Å². The Morgan fingerprint density at radius 2 is 1.89 bits per heavy atom. The molecule has 2 aromatic rings. The molecule has 1 aliphatic rings. The first-order valence-electron chi connectivity index (χ1n) is 7.90. The topological polar surface area (TPSA) is 93.7 Å². The highest BCUT2D eigenvalue weighted by atomic mass is 35.5. The van der Waals surface area contributed by atoms with Crippen LogP contribution >= 0.6 is 23.2 Å². The van der Waals surface area contributed by atoms with Crippen molar-refractivity contribution in [3.05, 3.63) is 52.0 Å². The third-order valence-electron chi connectivity index (χ3n) is 3.81. The maximum absolute atomic E-state index is 12.5. The van der Waals surface area contributed by atoms with Crippen LogP contribution in [0, 0.1) is 0 Å². The number of nitrogens with one attached hydrogen (secondary N) is 2. The molecule has 2 aromatic carbocycles. The van der Waals surface area contributed by atoms with Gasteiger partial charge in [-0.1, -0.05) is 29.3 Å². The van der Waals surface area contributed by atoms with Gasteiger partial charge in [-0.3, -0.25) is 4.79 Å². The second kappa shape index (κ2) is 7.93. The van der Waals surface area contributed by atoms with Crippen molar-refractivity contribution in [3.63, 3.8) is 0 Å². The Morgan fingerprint density at radius 1 is 1.15 bits per heavy atom. The quantitative estimate of drug-likeness (QED) is 0.734. The van der Waals surface area contributed by atoms with Crippen LogP contribution in [-0.4, -0.2) is 27.2 Å². The highest BCUT2D eigenvalue weighted by Crippen LogP contribution is 2.32. The lowest BCUT2D eigenvalue weighted by molar-refractivity contribution is -0.122. The number of halogens is 2. The van der Waals surface area contributed by atoms with E-state index in [4.69, 9.17) is 32.7 Å². The van der Waals surface area contributed by atoms with Crippen molar-refractivity contribution in [1.82, 2.24) is 10.0 Å². The summed E-state index contributed by atoms with van der Waals surface area (Å²) in [6, 6.07) is 8.35. The summed E-state index contributed by atoms with van der Waals surface area (Å²) in [5.74, 6) is 0.755. The van der Waals surface area contributed by atoms with Crippen molar-refractivity contribution < 1.29 is 22.7 Å². The van der Waals surface area contributed by atoms with Gasteiger partial charge in [0.2, 0.25) is 22.7 Å². The largest absolute Gasteiger partial charge is 0.454 e. The number of ether oxygens (including phenoxy) is 2. The Balaban J connectivity index is 1.62. The highest BCUT2D eigenvalue weighted by molar-refractivity contribution is 7.89. The molecule has 1 aliphatic heterocycles. The zero-order valence-corrected chi connectivity index (χ0v) is 16.5. The molecule has 3 rings (SSSR count). The Kier molecular flexibility index (Phi) is 5.81. The third-order valence-corrected chi connectivity index (χ3v) is 6.07. The van der Waals surface area contributed by atoms with Crippen molar-refractivity contribution in [3.8, 4) is 11.5 Å². The second-order valence-corrected chi connectivity index (χ2v) is 8.35. The average molecular weight is 431 g/mol. The molecule has 27 heavy (non-hydrogen) atoms. The summed E-state index contributed by atoms with van der Waals surface area (Å²) in [6.45, 7) is 1.81. The van der Waals surface area contributed by atoms with Gasteiger partial charge in [-0.15, -0.1) is 0 Å². The van der Waals surface area contributed by atoms with Crippen LogP contribution in [0.15, 0.2) is 41.3 Å². The Bertz CT molecular complexity index is 981. The number of rotatable bonds is 6. The van der Waals surface area contributed by atoms with E-state index in [2.05, 4.69) is 10.0 Å². The summed E-state index contributed by atoms with van der Waals surface area (Å²) < 4.78 is 37.7. The molecule has 1 amide bonds. The maximum atomic E-state index is 12.5. The number of benzene rings is 2. The van der Waals surface area contributed by atoms with Crippen molar-refractivity contribution in [1.29, 1.82) is 0 Å². The number of sulfonamides is 1. The predicted molar refractivity (Wildman–Crippen MR) is 101 cm³/mol. The lowest BCUT2D eigenvalue weighted by Gasteiger charge is -2.15. The number of hydrogen-bond donors (Lipinski definition) is 2. The van der Waals surface area contributed by atoms with Crippen LogP contribution in [0.4, 0.5) is 0 Å². The minimum atomic E-state index is -4.01. The number of fused-ring (bicyclic) bond motifs is 1. The van der Waals surface area contributed by atoms with Crippen LogP contribution in [0.1, 0.15) is 12.5 Å². The molecule has 1 atom stereocenters. The fourth-order valence-electron chi connectivity index (χ4n) is 2.43. The van der Waals surface area contributed by atoms with E-state index in [1.54, 1.807) is 18.2 Å². The molecular weight excluding hydrogens is 415 g/mol. The molecule has 0 radical (unpaired) electrons. The van der Waals surface area contributed by atoms with Crippen LogP contribution in [0.3, 0.4) is 0 Å². The summed E-state index contributed by atoms with van der Waals surface area (Å²) in [5, 5.41) is 2.90. The smallest absolute Gasteiger partial charge is 0.242 e. The minimum Gasteiger partial charge on any atom is -0.454 e. The van der Waals surface area contributed by atoms with E-state index in [-0.39, 0.29) is 28.3 Å². The van der Waals surface area contributed by atoms with E-state index in [0.717, 1.165) is 5.56 Å². The zero-order valence-electron chi connectivity index (χ0n) is 14.2. The minimum absolute atomic E-state index is 0.0138. The average Bonchev–Trinajstić information content (AvgIpc) is 3.09. The van der Waals surface area contributed by atoms with E-state index < -0.39 is 22.0 Å². The first-order chi connectivity index (χ1) is 12.8. The first-order valence-corrected chi connectivity index (χ1v) is 10.1. The van der Waals surface area contributed by atoms with Gasteiger partial charge in [0.25, 0.3) is 0 Å². The first kappa shape index (κ1) is 19.8. The molecule has 7 nitrogen and oxygen atoms in total. The van der Waals surface area contributed by atoms with Gasteiger partial charge in [0, 0.05) is 11.6 Å². The van der Waals surface area contributed by atoms with Gasteiger partial charge in [-0.2, -0.15) is 4.72 Å². The number of carbonyl (C=O) groups is 1. The molecule has 0 unspecified atom stereocenters. The molecule has 144 valence electrons. The fraction of sp³-hybridized carbons (Fsp3) is 0.235. The van der Waals surface area contributed by atoms with Crippen LogP contribution in [0.25, 0.3) is 0 Å². The van der Waals surface area contributed by atoms with Gasteiger partial charge in [0.15, 0.2) is 11.5 Å². The molecule has 0 aliphatic carbocycles. The van der Waals surface area contributed by atoms with Crippen LogP contribution in [0.2, 0.25) is 10.0 Å². The summed E-state index contributed by atoms with van der Waals surface area (Å²) in [5.41, 5.74) is 0.792. The molecule has 0 spiro atoms. The number of hydrogen-bond acceptors (Lipinski definition) is 5. The third kappa shape index (κ3) is 4.65. The van der Waals surface area contributed by atoms with Crippen molar-refractivity contribution in [2.45, 2.75) is 24.4 Å². The molecular formula is C17H16Cl2N2O5S. The fourth-order valence-corrected chi connectivity index (χ4v) is 4.39. The van der Waals surface area contributed by atoms with Gasteiger partial charge in [0.05, 0.1) is 11.1 Å². The maximum Gasteiger partial charge on any atom is 0.242 e. The summed E-state index contributed by atoms with van der Waals surface area (Å²) in [4.78, 5) is 12.1. The van der Waals surface area contributed by atoms with Crippen molar-refractivity contribution >= 4 is 39.1 Å². The van der Waals surface area contributed by atoms with Crippen LogP contribution in [-0.2, 0) is 21.4 Å². The van der Waals surface area contributed by atoms with E-state index in [1.807, 2.05) is 0 Å². The van der Waals surface area contributed by atoms with E-state index >= 15 is 0 Å². The van der Waals surface area contributed by atoms with Gasteiger partial charge in [-0.05, 0) is 42.8 Å². The normalized spacial score (nSPS) is 14.0. The van der Waals surface area contributed by atoms with Crippen molar-refractivity contribution in [2.24, 2.45) is 0 Å². The molecule has 0 saturated heterocycles. The number of amides is 1. The molecule has 0 saturated carbocycles. The summed E-state index contributed by atoms with van der Waals surface area (Å²) in [7, 11) is -4.01. The second-order valence-electron chi connectivity index (χ2n) is 5.82. The zero-order chi connectivity index (χ0) is 19.6. The van der Waals surface area contributed by atoms with Gasteiger partial charge in [-0.25, -0.2) is 8.42 Å². The standard InChI is InChI=1S/C17H16Cl2N2O5S/c1-10(21-27(23,24)16-7-12(18)3-4-13(16)19)17(22)20-8-11-2-5-14-15(6-11)26-9-25-14/h2-7,10,21H,8-9H2,1H3,(H,20,22)/t10-/m0/s1. The summed E-state index contributed by atoms with van der Waals surface area (Å²) in [6.07, 6.45) is 0. The highest BCUT2D eigenvalue weighted by Gasteiger charge is 2.24. The lowest BCUT2D eigenvalue weighted by Crippen LogP contribution is -2.44. The Labute approximate surface area is 166 Å². The van der Waals surface area contributed by atoms with Gasteiger partial charge >= 0.3 is 0 Å². The van der Waals surface area contributed by atoms with E-state index in [9.17, 15) is 13.2 Å². The van der Waals surface area contributed by atoms with Gasteiger partial charge < -0.3 is 14.8 Å². The summed E-state index contributed by atoms with van der Waals surface area (Å²) >= 11 is 11.8. The lowest BCUT2D eigenvalue weighted by atomic mass is 10.2. The molecule has 10 heteroatoms. The van der Waals surface area contributed by atoms with Gasteiger partial charge in [0.1, 0.15) is 4.90 Å².